The van der Waals surface area contributed by atoms with E-state index in [-0.39, 0.29) is 24.9 Å². The lowest BCUT2D eigenvalue weighted by atomic mass is 10.1. The van der Waals surface area contributed by atoms with E-state index in [0.29, 0.717) is 5.56 Å². The molecule has 0 unspecified atom stereocenters. The van der Waals surface area contributed by atoms with Gasteiger partial charge in [0.2, 0.25) is 5.91 Å². The molecule has 2 aromatic rings. The maximum Gasteiger partial charge on any atom is 0.227 e. The second-order valence-electron chi connectivity index (χ2n) is 6.44. The average Bonchev–Trinajstić information content (AvgIpc) is 3.31. The van der Waals surface area contributed by atoms with Crippen molar-refractivity contribution in [3.8, 4) is 0 Å². The van der Waals surface area contributed by atoms with Crippen LogP contribution in [0, 0.1) is 25.5 Å². The molecule has 0 atom stereocenters. The third-order valence-corrected chi connectivity index (χ3v) is 4.65. The van der Waals surface area contributed by atoms with Crippen molar-refractivity contribution >= 4 is 5.91 Å². The van der Waals surface area contributed by atoms with Crippen molar-refractivity contribution < 1.29 is 13.6 Å². The van der Waals surface area contributed by atoms with Crippen molar-refractivity contribution in [3.05, 3.63) is 52.3 Å². The lowest BCUT2D eigenvalue weighted by Gasteiger charge is -2.23. The van der Waals surface area contributed by atoms with E-state index >= 15 is 0 Å². The number of benzene rings is 1. The molecular formula is C18H21F2N3O. The summed E-state index contributed by atoms with van der Waals surface area (Å²) in [7, 11) is 1.85. The summed E-state index contributed by atoms with van der Waals surface area (Å²) in [5, 5.41) is 4.34. The summed E-state index contributed by atoms with van der Waals surface area (Å²) in [5.41, 5.74) is 3.07. The average molecular weight is 333 g/mol. The highest BCUT2D eigenvalue weighted by Gasteiger charge is 2.33. The molecule has 1 saturated carbocycles. The molecule has 1 aliphatic rings. The Morgan fingerprint density at radius 2 is 2.04 bits per heavy atom. The Morgan fingerprint density at radius 3 is 2.58 bits per heavy atom. The van der Waals surface area contributed by atoms with Crippen molar-refractivity contribution in [1.29, 1.82) is 0 Å². The van der Waals surface area contributed by atoms with E-state index in [1.54, 1.807) is 9.58 Å². The van der Waals surface area contributed by atoms with Crippen LogP contribution in [0.2, 0.25) is 0 Å². The second kappa shape index (κ2) is 6.34. The molecule has 1 heterocycles. The number of hydrogen-bond donors (Lipinski definition) is 0. The van der Waals surface area contributed by atoms with Gasteiger partial charge in [0.05, 0.1) is 12.1 Å². The number of nitrogens with zero attached hydrogens (tertiary/aromatic N) is 3. The van der Waals surface area contributed by atoms with Crippen LogP contribution in [0.25, 0.3) is 0 Å². The Kier molecular flexibility index (Phi) is 4.39. The van der Waals surface area contributed by atoms with Crippen LogP contribution in [-0.4, -0.2) is 26.6 Å². The second-order valence-corrected chi connectivity index (χ2v) is 6.44. The fourth-order valence-electron chi connectivity index (χ4n) is 2.97. The highest BCUT2D eigenvalue weighted by atomic mass is 19.1. The minimum absolute atomic E-state index is 0.0413. The van der Waals surface area contributed by atoms with Crippen LogP contribution in [-0.2, 0) is 24.8 Å². The van der Waals surface area contributed by atoms with E-state index in [0.717, 1.165) is 35.9 Å². The summed E-state index contributed by atoms with van der Waals surface area (Å²) in [6, 6.07) is 3.65. The van der Waals surface area contributed by atoms with E-state index in [2.05, 4.69) is 5.10 Å². The molecule has 1 amide bonds. The highest BCUT2D eigenvalue weighted by molar-refractivity contribution is 5.80. The fourth-order valence-corrected chi connectivity index (χ4v) is 2.97. The zero-order chi connectivity index (χ0) is 17.4. The zero-order valence-electron chi connectivity index (χ0n) is 14.1. The Balaban J connectivity index is 1.79. The van der Waals surface area contributed by atoms with Gasteiger partial charge in [-0.2, -0.15) is 5.10 Å². The van der Waals surface area contributed by atoms with Gasteiger partial charge in [0.1, 0.15) is 11.6 Å². The van der Waals surface area contributed by atoms with E-state index in [9.17, 15) is 13.6 Å². The number of halogens is 2. The lowest BCUT2D eigenvalue weighted by molar-refractivity contribution is -0.131. The molecule has 1 aromatic heterocycles. The molecule has 0 bridgehead atoms. The lowest BCUT2D eigenvalue weighted by Crippen LogP contribution is -2.34. The van der Waals surface area contributed by atoms with Crippen molar-refractivity contribution in [2.24, 2.45) is 7.05 Å². The van der Waals surface area contributed by atoms with Crippen molar-refractivity contribution in [1.82, 2.24) is 14.7 Å². The van der Waals surface area contributed by atoms with Crippen LogP contribution in [0.3, 0.4) is 0 Å². The van der Waals surface area contributed by atoms with Gasteiger partial charge in [0.25, 0.3) is 0 Å². The van der Waals surface area contributed by atoms with Gasteiger partial charge in [-0.25, -0.2) is 8.78 Å². The first-order valence-corrected chi connectivity index (χ1v) is 8.09. The van der Waals surface area contributed by atoms with Gasteiger partial charge in [0, 0.05) is 42.5 Å². The summed E-state index contributed by atoms with van der Waals surface area (Å²) in [5.74, 6) is -1.26. The predicted molar refractivity (Wildman–Crippen MR) is 86.3 cm³/mol. The number of carbonyl (C=O) groups excluding carboxylic acids is 1. The minimum atomic E-state index is -0.609. The Morgan fingerprint density at radius 1 is 1.33 bits per heavy atom. The zero-order valence-corrected chi connectivity index (χ0v) is 14.1. The molecular weight excluding hydrogens is 312 g/mol. The van der Waals surface area contributed by atoms with Crippen molar-refractivity contribution in [2.45, 2.75) is 45.7 Å². The first-order valence-electron chi connectivity index (χ1n) is 8.09. The highest BCUT2D eigenvalue weighted by Crippen LogP contribution is 2.30. The van der Waals surface area contributed by atoms with Crippen LogP contribution < -0.4 is 0 Å². The first-order chi connectivity index (χ1) is 11.4. The van der Waals surface area contributed by atoms with Crippen LogP contribution in [0.1, 0.15) is 35.4 Å². The largest absolute Gasteiger partial charge is 0.335 e. The minimum Gasteiger partial charge on any atom is -0.335 e. The number of aromatic nitrogens is 2. The predicted octanol–water partition coefficient (Wildman–Crippen LogP) is 3.05. The molecule has 0 N–H and O–H groups in total. The summed E-state index contributed by atoms with van der Waals surface area (Å²) in [4.78, 5) is 14.5. The van der Waals surface area contributed by atoms with Gasteiger partial charge < -0.3 is 4.90 Å². The molecule has 1 aromatic carbocycles. The quantitative estimate of drug-likeness (QED) is 0.843. The fraction of sp³-hybridized carbons (Fsp3) is 0.444. The SMILES string of the molecule is Cc1nn(C)c(C)c1CC(=O)N(Cc1ccc(F)cc1F)C1CC1. The number of aryl methyl sites for hydroxylation is 2. The maximum atomic E-state index is 13.9. The molecule has 0 radical (unpaired) electrons. The van der Waals surface area contributed by atoms with E-state index in [1.807, 2.05) is 20.9 Å². The van der Waals surface area contributed by atoms with Crippen LogP contribution >= 0.6 is 0 Å². The Labute approximate surface area is 140 Å². The van der Waals surface area contributed by atoms with E-state index in [1.165, 1.54) is 12.1 Å². The van der Waals surface area contributed by atoms with Crippen LogP contribution in [0.15, 0.2) is 18.2 Å². The normalized spacial score (nSPS) is 14.0. The van der Waals surface area contributed by atoms with E-state index in [4.69, 9.17) is 0 Å². The standard InChI is InChI=1S/C18H21F2N3O/c1-11-16(12(2)22(3)21-11)9-18(24)23(15-6-7-15)10-13-4-5-14(19)8-17(13)20/h4-5,8,15H,6-7,9-10H2,1-3H3. The van der Waals surface area contributed by atoms with Gasteiger partial charge in [-0.3, -0.25) is 9.48 Å². The molecule has 0 aliphatic heterocycles. The molecule has 1 fully saturated rings. The molecule has 4 nitrogen and oxygen atoms in total. The summed E-state index contributed by atoms with van der Waals surface area (Å²) in [6.45, 7) is 3.99. The number of amides is 1. The van der Waals surface area contributed by atoms with Gasteiger partial charge in [-0.15, -0.1) is 0 Å². The molecule has 0 spiro atoms. The van der Waals surface area contributed by atoms with E-state index < -0.39 is 11.6 Å². The van der Waals surface area contributed by atoms with Gasteiger partial charge >= 0.3 is 0 Å². The van der Waals surface area contributed by atoms with Gasteiger partial charge in [-0.05, 0) is 32.8 Å². The number of hydrogen-bond acceptors (Lipinski definition) is 2. The third-order valence-electron chi connectivity index (χ3n) is 4.65. The molecule has 24 heavy (non-hydrogen) atoms. The summed E-state index contributed by atoms with van der Waals surface area (Å²) >= 11 is 0. The van der Waals surface area contributed by atoms with Crippen LogP contribution in [0.5, 0.6) is 0 Å². The van der Waals surface area contributed by atoms with Gasteiger partial charge in [0.15, 0.2) is 0 Å². The number of carbonyl (C=O) groups is 1. The topological polar surface area (TPSA) is 38.1 Å². The third kappa shape index (κ3) is 3.32. The Hall–Kier alpha value is -2.24. The maximum absolute atomic E-state index is 13.9. The van der Waals surface area contributed by atoms with Crippen molar-refractivity contribution in [2.75, 3.05) is 0 Å². The monoisotopic (exact) mass is 333 g/mol. The van der Waals surface area contributed by atoms with Gasteiger partial charge in [-0.1, -0.05) is 6.07 Å². The smallest absolute Gasteiger partial charge is 0.227 e. The molecule has 6 heteroatoms. The van der Waals surface area contributed by atoms with Crippen LogP contribution in [0.4, 0.5) is 8.78 Å². The summed E-state index contributed by atoms with van der Waals surface area (Å²) < 4.78 is 28.8. The first kappa shape index (κ1) is 16.6. The molecule has 0 saturated heterocycles. The molecule has 1 aliphatic carbocycles. The number of rotatable bonds is 5. The Bertz CT molecular complexity index is 781. The molecule has 3 rings (SSSR count). The van der Waals surface area contributed by atoms with Crippen molar-refractivity contribution in [3.63, 3.8) is 0 Å². The molecule has 128 valence electrons. The summed E-state index contributed by atoms with van der Waals surface area (Å²) in [6.07, 6.45) is 2.12.